The van der Waals surface area contributed by atoms with Gasteiger partial charge in [-0.15, -0.1) is 0 Å². The summed E-state index contributed by atoms with van der Waals surface area (Å²) in [4.78, 5) is 25.9. The first-order chi connectivity index (χ1) is 15.5. The van der Waals surface area contributed by atoms with Gasteiger partial charge in [-0.2, -0.15) is 9.78 Å². The van der Waals surface area contributed by atoms with Crippen LogP contribution in [0.25, 0.3) is 5.69 Å². The highest BCUT2D eigenvalue weighted by atomic mass is 35.5. The van der Waals surface area contributed by atoms with Crippen LogP contribution in [0.4, 0.5) is 0 Å². The van der Waals surface area contributed by atoms with Crippen LogP contribution in [-0.4, -0.2) is 21.7 Å². The van der Waals surface area contributed by atoms with Crippen LogP contribution >= 0.6 is 23.4 Å². The summed E-state index contributed by atoms with van der Waals surface area (Å²) in [6, 6.07) is 20.9. The molecule has 2 aromatic heterocycles. The van der Waals surface area contributed by atoms with E-state index in [1.807, 2.05) is 31.2 Å². The monoisotopic (exact) mass is 465 g/mol. The van der Waals surface area contributed by atoms with Crippen LogP contribution in [0.15, 0.2) is 98.2 Å². The Morgan fingerprint density at radius 3 is 2.53 bits per heavy atom. The van der Waals surface area contributed by atoms with Crippen molar-refractivity contribution in [1.82, 2.24) is 15.1 Å². The number of carbonyl (C=O) groups is 1. The van der Waals surface area contributed by atoms with Crippen LogP contribution in [0.5, 0.6) is 0 Å². The van der Waals surface area contributed by atoms with Crippen molar-refractivity contribution in [3.63, 3.8) is 0 Å². The average Bonchev–Trinajstić information content (AvgIpc) is 3.29. The van der Waals surface area contributed by atoms with Crippen molar-refractivity contribution in [2.24, 2.45) is 0 Å². The molecule has 162 valence electrons. The molecule has 0 fully saturated rings. The molecule has 1 N–H and O–H groups in total. The van der Waals surface area contributed by atoms with E-state index < -0.39 is 0 Å². The number of hydrogen-bond donors (Lipinski definition) is 1. The van der Waals surface area contributed by atoms with Gasteiger partial charge in [0, 0.05) is 34.0 Å². The molecule has 0 bridgehead atoms. The molecule has 0 radical (unpaired) electrons. The first-order valence-electron chi connectivity index (χ1n) is 9.95. The van der Waals surface area contributed by atoms with Gasteiger partial charge in [-0.3, -0.25) is 9.59 Å². The van der Waals surface area contributed by atoms with Crippen LogP contribution in [0.1, 0.15) is 23.0 Å². The maximum atomic E-state index is 12.5. The van der Waals surface area contributed by atoms with Gasteiger partial charge in [0.05, 0.1) is 12.0 Å². The maximum Gasteiger partial charge on any atom is 0.271 e. The molecule has 0 saturated carbocycles. The first kappa shape index (κ1) is 21.9. The summed E-state index contributed by atoms with van der Waals surface area (Å²) >= 11 is 7.36. The second-order valence-corrected chi connectivity index (χ2v) is 8.71. The lowest BCUT2D eigenvalue weighted by Crippen LogP contribution is -2.34. The molecule has 0 unspecified atom stereocenters. The maximum absolute atomic E-state index is 12.5. The van der Waals surface area contributed by atoms with Gasteiger partial charge in [-0.1, -0.05) is 23.4 Å². The van der Waals surface area contributed by atoms with E-state index in [2.05, 4.69) is 10.4 Å². The summed E-state index contributed by atoms with van der Waals surface area (Å²) in [6.07, 6.45) is 2.22. The van der Waals surface area contributed by atoms with Crippen molar-refractivity contribution in [1.29, 1.82) is 0 Å². The molecule has 0 aliphatic carbocycles. The number of rotatable bonds is 7. The molecule has 0 saturated heterocycles. The van der Waals surface area contributed by atoms with Crippen LogP contribution < -0.4 is 10.9 Å². The van der Waals surface area contributed by atoms with Gasteiger partial charge in [0.1, 0.15) is 10.8 Å². The van der Waals surface area contributed by atoms with Crippen molar-refractivity contribution in [3.8, 4) is 5.69 Å². The summed E-state index contributed by atoms with van der Waals surface area (Å²) < 4.78 is 6.64. The van der Waals surface area contributed by atoms with E-state index in [4.69, 9.17) is 16.0 Å². The van der Waals surface area contributed by atoms with E-state index in [1.165, 1.54) is 22.5 Å². The Kier molecular flexibility index (Phi) is 6.78. The van der Waals surface area contributed by atoms with Crippen molar-refractivity contribution in [3.05, 3.63) is 106 Å². The summed E-state index contributed by atoms with van der Waals surface area (Å²) in [7, 11) is 0. The Morgan fingerprint density at radius 1 is 1.09 bits per heavy atom. The molecule has 0 aliphatic heterocycles. The fraction of sp³-hybridized carbons (Fsp3) is 0.125. The summed E-state index contributed by atoms with van der Waals surface area (Å²) in [5, 5.41) is 8.72. The summed E-state index contributed by atoms with van der Waals surface area (Å²) in [5.74, 6) is 0.623. The molecule has 6 nitrogen and oxygen atoms in total. The van der Waals surface area contributed by atoms with Gasteiger partial charge in [-0.25, -0.2) is 0 Å². The average molecular weight is 466 g/mol. The second-order valence-electron chi connectivity index (χ2n) is 7.18. The Balaban J connectivity index is 1.46. The number of aromatic nitrogens is 2. The molecule has 8 heteroatoms. The Bertz CT molecular complexity index is 1250. The molecular formula is C24H20ClN3O3S. The number of hydrogen-bond acceptors (Lipinski definition) is 5. The molecule has 32 heavy (non-hydrogen) atoms. The Morgan fingerprint density at radius 2 is 1.84 bits per heavy atom. The lowest BCUT2D eigenvalue weighted by molar-refractivity contribution is 0.0939. The van der Waals surface area contributed by atoms with E-state index in [9.17, 15) is 9.59 Å². The molecule has 1 atom stereocenters. The lowest BCUT2D eigenvalue weighted by Gasteiger charge is -2.13. The quantitative estimate of drug-likeness (QED) is 0.416. The number of carbonyl (C=O) groups excluding carboxylic acids is 1. The third-order valence-electron chi connectivity index (χ3n) is 4.65. The molecule has 0 spiro atoms. The minimum absolute atomic E-state index is 0.0841. The molecule has 2 heterocycles. The van der Waals surface area contributed by atoms with E-state index in [0.29, 0.717) is 27.7 Å². The van der Waals surface area contributed by atoms with Crippen molar-refractivity contribution in [2.45, 2.75) is 29.3 Å². The SMILES string of the molecule is C[C@H](Cc1ccco1)NC(=O)c1ccc(-n2nc(Sc3ccc(Cl)cc3)ccc2=O)cc1. The van der Waals surface area contributed by atoms with Gasteiger partial charge in [0.15, 0.2) is 0 Å². The third-order valence-corrected chi connectivity index (χ3v) is 5.84. The molecule has 1 amide bonds. The highest BCUT2D eigenvalue weighted by Crippen LogP contribution is 2.26. The van der Waals surface area contributed by atoms with Crippen LogP contribution in [0, 0.1) is 0 Å². The van der Waals surface area contributed by atoms with Gasteiger partial charge in [0.25, 0.3) is 11.5 Å². The van der Waals surface area contributed by atoms with Crippen molar-refractivity contribution < 1.29 is 9.21 Å². The first-order valence-corrected chi connectivity index (χ1v) is 11.1. The fourth-order valence-electron chi connectivity index (χ4n) is 3.10. The van der Waals surface area contributed by atoms with E-state index in [0.717, 1.165) is 10.7 Å². The van der Waals surface area contributed by atoms with Crippen LogP contribution in [-0.2, 0) is 6.42 Å². The number of nitrogens with zero attached hydrogens (tertiary/aromatic N) is 2. The lowest BCUT2D eigenvalue weighted by atomic mass is 10.1. The van der Waals surface area contributed by atoms with E-state index >= 15 is 0 Å². The zero-order valence-corrected chi connectivity index (χ0v) is 18.8. The fourth-order valence-corrected chi connectivity index (χ4v) is 4.00. The van der Waals surface area contributed by atoms with E-state index in [-0.39, 0.29) is 17.5 Å². The Labute approximate surface area is 194 Å². The van der Waals surface area contributed by atoms with Gasteiger partial charge < -0.3 is 9.73 Å². The summed E-state index contributed by atoms with van der Waals surface area (Å²) in [5.41, 5.74) is 0.822. The van der Waals surface area contributed by atoms with Crippen LogP contribution in [0.3, 0.4) is 0 Å². The number of halogens is 1. The predicted octanol–water partition coefficient (Wildman–Crippen LogP) is 4.99. The predicted molar refractivity (Wildman–Crippen MR) is 125 cm³/mol. The molecule has 4 rings (SSSR count). The largest absolute Gasteiger partial charge is 0.469 e. The highest BCUT2D eigenvalue weighted by molar-refractivity contribution is 7.99. The minimum atomic E-state index is -0.255. The van der Waals surface area contributed by atoms with Gasteiger partial charge in [-0.05, 0) is 73.7 Å². The number of furan rings is 1. The number of amides is 1. The number of nitrogens with one attached hydrogen (secondary N) is 1. The molecule has 0 aliphatic rings. The Hall–Kier alpha value is -3.29. The van der Waals surface area contributed by atoms with Crippen molar-refractivity contribution >= 4 is 29.3 Å². The molecule has 4 aromatic rings. The van der Waals surface area contributed by atoms with Gasteiger partial charge in [0.2, 0.25) is 0 Å². The van der Waals surface area contributed by atoms with Crippen molar-refractivity contribution in [2.75, 3.05) is 0 Å². The topological polar surface area (TPSA) is 77.1 Å². The highest BCUT2D eigenvalue weighted by Gasteiger charge is 2.12. The standard InChI is InChI=1S/C24H20ClN3O3S/c1-16(15-20-3-2-14-31-20)26-24(30)17-4-8-19(9-5-17)28-23(29)13-12-22(27-28)32-21-10-6-18(25)7-11-21/h2-14,16H,15H2,1H3,(H,26,30)/t16-/m1/s1. The third kappa shape index (κ3) is 5.49. The summed E-state index contributed by atoms with van der Waals surface area (Å²) in [6.45, 7) is 1.92. The number of benzene rings is 2. The minimum Gasteiger partial charge on any atom is -0.469 e. The normalized spacial score (nSPS) is 11.8. The molecular weight excluding hydrogens is 446 g/mol. The second kappa shape index (κ2) is 9.89. The van der Waals surface area contributed by atoms with Crippen LogP contribution in [0.2, 0.25) is 5.02 Å². The van der Waals surface area contributed by atoms with E-state index in [1.54, 1.807) is 48.7 Å². The smallest absolute Gasteiger partial charge is 0.271 e. The van der Waals surface area contributed by atoms with Gasteiger partial charge >= 0.3 is 0 Å². The zero-order valence-electron chi connectivity index (χ0n) is 17.2. The molecule has 2 aromatic carbocycles. The zero-order chi connectivity index (χ0) is 22.5.